The van der Waals surface area contributed by atoms with E-state index in [9.17, 15) is 4.79 Å². The molecule has 4 rings (SSSR count). The number of thioether (sulfide) groups is 1. The molecule has 0 unspecified atom stereocenters. The lowest BCUT2D eigenvalue weighted by atomic mass is 10.1. The standard InChI is InChI=1S/C21H23N3OS2/c1-15-12-16(2)20-18(13-15)22-21(27-20)24-10-8-23(9-11-24)19(25)14-26-17-6-4-3-5-7-17/h3-7,12-13H,8-11,14H2,1-2H3. The van der Waals surface area contributed by atoms with Crippen LogP contribution < -0.4 is 4.90 Å². The molecular formula is C21H23N3OS2. The molecular weight excluding hydrogens is 374 g/mol. The Morgan fingerprint density at radius 2 is 1.85 bits per heavy atom. The van der Waals surface area contributed by atoms with E-state index < -0.39 is 0 Å². The number of benzene rings is 2. The van der Waals surface area contributed by atoms with Crippen LogP contribution in [0.3, 0.4) is 0 Å². The van der Waals surface area contributed by atoms with E-state index in [2.05, 4.69) is 30.9 Å². The van der Waals surface area contributed by atoms with Gasteiger partial charge in [0.25, 0.3) is 0 Å². The van der Waals surface area contributed by atoms with Crippen LogP contribution in [0.2, 0.25) is 0 Å². The Bertz CT molecular complexity index is 947. The number of hydrogen-bond donors (Lipinski definition) is 0. The van der Waals surface area contributed by atoms with Gasteiger partial charge in [-0.2, -0.15) is 0 Å². The van der Waals surface area contributed by atoms with Gasteiger partial charge in [-0.05, 0) is 43.2 Å². The predicted octanol–water partition coefficient (Wildman–Crippen LogP) is 4.35. The number of aryl methyl sites for hydroxylation is 2. The molecule has 140 valence electrons. The Balaban J connectivity index is 1.36. The second-order valence-electron chi connectivity index (χ2n) is 6.90. The summed E-state index contributed by atoms with van der Waals surface area (Å²) in [4.78, 5) is 22.8. The molecule has 1 saturated heterocycles. The molecule has 0 bridgehead atoms. The Kier molecular flexibility index (Phi) is 5.36. The number of amides is 1. The lowest BCUT2D eigenvalue weighted by Crippen LogP contribution is -2.49. The van der Waals surface area contributed by atoms with Crippen molar-refractivity contribution in [3.05, 3.63) is 53.6 Å². The molecule has 2 aromatic carbocycles. The smallest absolute Gasteiger partial charge is 0.233 e. The first-order valence-corrected chi connectivity index (χ1v) is 11.0. The van der Waals surface area contributed by atoms with Crippen molar-refractivity contribution in [1.82, 2.24) is 9.88 Å². The highest BCUT2D eigenvalue weighted by Gasteiger charge is 2.23. The van der Waals surface area contributed by atoms with Crippen molar-refractivity contribution < 1.29 is 4.79 Å². The zero-order valence-corrected chi connectivity index (χ0v) is 17.3. The Morgan fingerprint density at radius 1 is 1.11 bits per heavy atom. The molecule has 1 aliphatic rings. The van der Waals surface area contributed by atoms with E-state index in [4.69, 9.17) is 4.98 Å². The molecule has 0 radical (unpaired) electrons. The molecule has 0 aliphatic carbocycles. The third-order valence-electron chi connectivity index (χ3n) is 4.82. The molecule has 1 amide bonds. The maximum absolute atomic E-state index is 12.5. The fourth-order valence-corrected chi connectivity index (χ4v) is 5.29. The van der Waals surface area contributed by atoms with Gasteiger partial charge in [0.2, 0.25) is 5.91 Å². The van der Waals surface area contributed by atoms with Crippen LogP contribution in [0.4, 0.5) is 5.13 Å². The number of carbonyl (C=O) groups excluding carboxylic acids is 1. The van der Waals surface area contributed by atoms with Crippen LogP contribution in [0.5, 0.6) is 0 Å². The number of anilines is 1. The third kappa shape index (κ3) is 4.12. The summed E-state index contributed by atoms with van der Waals surface area (Å²) in [5.74, 6) is 0.725. The number of aromatic nitrogens is 1. The van der Waals surface area contributed by atoms with E-state index in [1.807, 2.05) is 35.2 Å². The minimum absolute atomic E-state index is 0.222. The summed E-state index contributed by atoms with van der Waals surface area (Å²) < 4.78 is 1.27. The maximum atomic E-state index is 12.5. The second-order valence-corrected chi connectivity index (χ2v) is 8.92. The predicted molar refractivity (Wildman–Crippen MR) is 115 cm³/mol. The molecule has 0 atom stereocenters. The van der Waals surface area contributed by atoms with Gasteiger partial charge in [0.1, 0.15) is 0 Å². The van der Waals surface area contributed by atoms with Crippen LogP contribution in [0.1, 0.15) is 11.1 Å². The molecule has 27 heavy (non-hydrogen) atoms. The van der Waals surface area contributed by atoms with Gasteiger partial charge in [0.15, 0.2) is 5.13 Å². The van der Waals surface area contributed by atoms with Crippen LogP contribution in [0, 0.1) is 13.8 Å². The topological polar surface area (TPSA) is 36.4 Å². The Labute approximate surface area is 168 Å². The Morgan fingerprint density at radius 3 is 2.59 bits per heavy atom. The SMILES string of the molecule is Cc1cc(C)c2sc(N3CCN(C(=O)CSc4ccccc4)CC3)nc2c1. The van der Waals surface area contributed by atoms with E-state index in [1.54, 1.807) is 23.1 Å². The number of thiazole rings is 1. The fraction of sp³-hybridized carbons (Fsp3) is 0.333. The van der Waals surface area contributed by atoms with Gasteiger partial charge in [0.05, 0.1) is 16.0 Å². The summed E-state index contributed by atoms with van der Waals surface area (Å²) in [6.07, 6.45) is 0. The van der Waals surface area contributed by atoms with Crippen molar-refractivity contribution in [2.75, 3.05) is 36.8 Å². The summed E-state index contributed by atoms with van der Waals surface area (Å²) >= 11 is 3.37. The lowest BCUT2D eigenvalue weighted by molar-refractivity contribution is -0.128. The normalized spacial score (nSPS) is 14.7. The van der Waals surface area contributed by atoms with E-state index in [0.717, 1.165) is 41.7 Å². The minimum Gasteiger partial charge on any atom is -0.345 e. The molecule has 6 heteroatoms. The van der Waals surface area contributed by atoms with Gasteiger partial charge in [-0.15, -0.1) is 11.8 Å². The molecule has 1 aromatic heterocycles. The fourth-order valence-electron chi connectivity index (χ4n) is 3.40. The summed E-state index contributed by atoms with van der Waals surface area (Å²) in [5, 5.41) is 1.07. The molecule has 2 heterocycles. The first kappa shape index (κ1) is 18.3. The zero-order chi connectivity index (χ0) is 18.8. The highest BCUT2D eigenvalue weighted by molar-refractivity contribution is 8.00. The van der Waals surface area contributed by atoms with Crippen molar-refractivity contribution in [2.24, 2.45) is 0 Å². The molecule has 1 fully saturated rings. The van der Waals surface area contributed by atoms with E-state index in [-0.39, 0.29) is 5.91 Å². The largest absolute Gasteiger partial charge is 0.345 e. The van der Waals surface area contributed by atoms with Crippen LogP contribution >= 0.6 is 23.1 Å². The maximum Gasteiger partial charge on any atom is 0.233 e. The van der Waals surface area contributed by atoms with Gasteiger partial charge >= 0.3 is 0 Å². The quantitative estimate of drug-likeness (QED) is 0.613. The van der Waals surface area contributed by atoms with E-state index in [1.165, 1.54) is 15.8 Å². The highest BCUT2D eigenvalue weighted by Crippen LogP contribution is 2.32. The number of carbonyl (C=O) groups is 1. The summed E-state index contributed by atoms with van der Waals surface area (Å²) in [6, 6.07) is 14.5. The molecule has 0 N–H and O–H groups in total. The zero-order valence-electron chi connectivity index (χ0n) is 15.6. The van der Waals surface area contributed by atoms with Gasteiger partial charge in [-0.3, -0.25) is 4.79 Å². The average molecular weight is 398 g/mol. The van der Waals surface area contributed by atoms with Crippen molar-refractivity contribution in [2.45, 2.75) is 18.7 Å². The number of hydrogen-bond acceptors (Lipinski definition) is 5. The average Bonchev–Trinajstić information content (AvgIpc) is 3.11. The molecule has 0 spiro atoms. The number of nitrogens with zero attached hydrogens (tertiary/aromatic N) is 3. The summed E-state index contributed by atoms with van der Waals surface area (Å²) in [6.45, 7) is 7.49. The van der Waals surface area contributed by atoms with Crippen LogP contribution in [0.15, 0.2) is 47.4 Å². The first-order chi connectivity index (χ1) is 13.1. The Hall–Kier alpha value is -2.05. The van der Waals surface area contributed by atoms with Crippen LogP contribution in [-0.4, -0.2) is 47.7 Å². The van der Waals surface area contributed by atoms with Crippen molar-refractivity contribution in [1.29, 1.82) is 0 Å². The van der Waals surface area contributed by atoms with Gasteiger partial charge in [-0.25, -0.2) is 4.98 Å². The van der Waals surface area contributed by atoms with E-state index in [0.29, 0.717) is 5.75 Å². The molecule has 4 nitrogen and oxygen atoms in total. The first-order valence-electron chi connectivity index (χ1n) is 9.18. The highest BCUT2D eigenvalue weighted by atomic mass is 32.2. The van der Waals surface area contributed by atoms with Crippen LogP contribution in [-0.2, 0) is 4.79 Å². The third-order valence-corrected chi connectivity index (χ3v) is 7.08. The molecule has 1 aliphatic heterocycles. The number of piperazine rings is 1. The number of rotatable bonds is 4. The van der Waals surface area contributed by atoms with Gasteiger partial charge in [-0.1, -0.05) is 35.6 Å². The number of fused-ring (bicyclic) bond motifs is 1. The lowest BCUT2D eigenvalue weighted by Gasteiger charge is -2.34. The van der Waals surface area contributed by atoms with Crippen LogP contribution in [0.25, 0.3) is 10.2 Å². The minimum atomic E-state index is 0.222. The van der Waals surface area contributed by atoms with Crippen molar-refractivity contribution in [3.8, 4) is 0 Å². The second kappa shape index (κ2) is 7.90. The summed E-state index contributed by atoms with van der Waals surface area (Å²) in [5.41, 5.74) is 3.63. The van der Waals surface area contributed by atoms with E-state index >= 15 is 0 Å². The molecule has 0 saturated carbocycles. The van der Waals surface area contributed by atoms with Crippen molar-refractivity contribution in [3.63, 3.8) is 0 Å². The van der Waals surface area contributed by atoms with Gasteiger partial charge in [0, 0.05) is 31.1 Å². The molecule has 3 aromatic rings. The van der Waals surface area contributed by atoms with Crippen molar-refractivity contribution >= 4 is 44.4 Å². The summed E-state index contributed by atoms with van der Waals surface area (Å²) in [7, 11) is 0. The van der Waals surface area contributed by atoms with Gasteiger partial charge < -0.3 is 9.80 Å². The monoisotopic (exact) mass is 397 g/mol.